The quantitative estimate of drug-likeness (QED) is 0.834. The van der Waals surface area contributed by atoms with Crippen molar-refractivity contribution in [2.75, 3.05) is 13.6 Å². The molecule has 106 valence electrons. The van der Waals surface area contributed by atoms with Crippen LogP contribution in [0.1, 0.15) is 65.7 Å². The van der Waals surface area contributed by atoms with Gasteiger partial charge in [-0.15, -0.1) is 0 Å². The Morgan fingerprint density at radius 1 is 1.17 bits per heavy atom. The fourth-order valence-corrected chi connectivity index (χ4v) is 4.55. The molecule has 2 aliphatic carbocycles. The number of rotatable bonds is 3. The standard InChI is InChI=1S/C16H32N2/c1-13-11-15(2,3)9-10-16(13,12-17)18(4)14-7-5-6-8-14/h13-14H,5-12,17H2,1-4H3. The summed E-state index contributed by atoms with van der Waals surface area (Å²) in [6.45, 7) is 8.09. The van der Waals surface area contributed by atoms with E-state index < -0.39 is 0 Å². The molecule has 0 radical (unpaired) electrons. The van der Waals surface area contributed by atoms with Crippen molar-refractivity contribution in [3.05, 3.63) is 0 Å². The van der Waals surface area contributed by atoms with Gasteiger partial charge in [0.2, 0.25) is 0 Å². The summed E-state index contributed by atoms with van der Waals surface area (Å²) in [5.41, 5.74) is 7.02. The maximum absolute atomic E-state index is 6.24. The SMILES string of the molecule is CC1CC(C)(C)CCC1(CN)N(C)C1CCCC1. The highest BCUT2D eigenvalue weighted by molar-refractivity contribution is 5.03. The molecule has 2 unspecified atom stereocenters. The lowest BCUT2D eigenvalue weighted by Crippen LogP contribution is -2.61. The zero-order chi connectivity index (χ0) is 13.4. The lowest BCUT2D eigenvalue weighted by molar-refractivity contribution is -0.0289. The Morgan fingerprint density at radius 2 is 1.78 bits per heavy atom. The van der Waals surface area contributed by atoms with Gasteiger partial charge < -0.3 is 5.73 Å². The van der Waals surface area contributed by atoms with E-state index in [0.717, 1.165) is 18.5 Å². The highest BCUT2D eigenvalue weighted by atomic mass is 15.2. The Kier molecular flexibility index (Phi) is 4.08. The average Bonchev–Trinajstić information content (AvgIpc) is 2.81. The van der Waals surface area contributed by atoms with Gasteiger partial charge in [0.15, 0.2) is 0 Å². The zero-order valence-electron chi connectivity index (χ0n) is 12.8. The van der Waals surface area contributed by atoms with Crippen LogP contribution in [0.2, 0.25) is 0 Å². The highest BCUT2D eigenvalue weighted by Crippen LogP contribution is 2.47. The van der Waals surface area contributed by atoms with Gasteiger partial charge in [-0.25, -0.2) is 0 Å². The largest absolute Gasteiger partial charge is 0.329 e. The number of hydrogen-bond donors (Lipinski definition) is 1. The number of hydrogen-bond acceptors (Lipinski definition) is 2. The second-order valence-electron chi connectivity index (χ2n) is 7.63. The first-order chi connectivity index (χ1) is 8.41. The van der Waals surface area contributed by atoms with E-state index in [0.29, 0.717) is 5.41 Å². The van der Waals surface area contributed by atoms with Gasteiger partial charge in [-0.3, -0.25) is 4.90 Å². The molecule has 0 amide bonds. The molecule has 2 heteroatoms. The molecule has 0 aromatic rings. The molecule has 0 aromatic heterocycles. The lowest BCUT2D eigenvalue weighted by Gasteiger charge is -2.54. The minimum atomic E-state index is 0.268. The highest BCUT2D eigenvalue weighted by Gasteiger charge is 2.47. The minimum Gasteiger partial charge on any atom is -0.329 e. The van der Waals surface area contributed by atoms with E-state index in [4.69, 9.17) is 5.73 Å². The summed E-state index contributed by atoms with van der Waals surface area (Å²) < 4.78 is 0. The smallest absolute Gasteiger partial charge is 0.0357 e. The molecule has 0 spiro atoms. The van der Waals surface area contributed by atoms with Crippen molar-refractivity contribution in [2.45, 2.75) is 77.3 Å². The molecule has 2 saturated carbocycles. The Hall–Kier alpha value is -0.0800. The normalized spacial score (nSPS) is 37.3. The monoisotopic (exact) mass is 252 g/mol. The molecule has 2 N–H and O–H groups in total. The molecule has 2 fully saturated rings. The van der Waals surface area contributed by atoms with Crippen LogP contribution in [0.3, 0.4) is 0 Å². The van der Waals surface area contributed by atoms with E-state index in [9.17, 15) is 0 Å². The van der Waals surface area contributed by atoms with E-state index >= 15 is 0 Å². The number of likely N-dealkylation sites (N-methyl/N-ethyl adjacent to an activating group) is 1. The number of nitrogens with two attached hydrogens (primary N) is 1. The third-order valence-corrected chi connectivity index (χ3v) is 5.94. The first kappa shape index (κ1) is 14.3. The first-order valence-electron chi connectivity index (χ1n) is 7.84. The fourth-order valence-electron chi connectivity index (χ4n) is 4.55. The summed E-state index contributed by atoms with van der Waals surface area (Å²) in [6.07, 6.45) is 9.52. The van der Waals surface area contributed by atoms with Gasteiger partial charge >= 0.3 is 0 Å². The van der Waals surface area contributed by atoms with Gasteiger partial charge in [-0.05, 0) is 50.5 Å². The van der Waals surface area contributed by atoms with Crippen LogP contribution in [0.4, 0.5) is 0 Å². The van der Waals surface area contributed by atoms with Crippen LogP contribution < -0.4 is 5.73 Å². The Bertz CT molecular complexity index is 281. The topological polar surface area (TPSA) is 29.3 Å². The Labute approximate surface area is 113 Å². The third kappa shape index (κ3) is 2.46. The lowest BCUT2D eigenvalue weighted by atomic mass is 9.63. The predicted octanol–water partition coefficient (Wildman–Crippen LogP) is 3.40. The molecule has 0 aromatic carbocycles. The minimum absolute atomic E-state index is 0.268. The summed E-state index contributed by atoms with van der Waals surface area (Å²) in [5.74, 6) is 0.719. The van der Waals surface area contributed by atoms with Gasteiger partial charge in [0.1, 0.15) is 0 Å². The van der Waals surface area contributed by atoms with Crippen molar-refractivity contribution in [2.24, 2.45) is 17.1 Å². The van der Waals surface area contributed by atoms with Crippen LogP contribution >= 0.6 is 0 Å². The van der Waals surface area contributed by atoms with Crippen LogP contribution in [0, 0.1) is 11.3 Å². The van der Waals surface area contributed by atoms with Crippen LogP contribution in [0.5, 0.6) is 0 Å². The van der Waals surface area contributed by atoms with Gasteiger partial charge in [0, 0.05) is 18.1 Å². The van der Waals surface area contributed by atoms with E-state index in [1.54, 1.807) is 0 Å². The average molecular weight is 252 g/mol. The summed E-state index contributed by atoms with van der Waals surface area (Å²) >= 11 is 0. The molecular weight excluding hydrogens is 220 g/mol. The molecule has 18 heavy (non-hydrogen) atoms. The van der Waals surface area contributed by atoms with Crippen LogP contribution in [-0.2, 0) is 0 Å². The number of nitrogens with zero attached hydrogens (tertiary/aromatic N) is 1. The van der Waals surface area contributed by atoms with E-state index in [2.05, 4.69) is 32.7 Å². The molecule has 0 heterocycles. The maximum Gasteiger partial charge on any atom is 0.0357 e. The van der Waals surface area contributed by atoms with Crippen LogP contribution in [0.25, 0.3) is 0 Å². The fraction of sp³-hybridized carbons (Fsp3) is 1.00. The predicted molar refractivity (Wildman–Crippen MR) is 78.6 cm³/mol. The van der Waals surface area contributed by atoms with Crippen molar-refractivity contribution >= 4 is 0 Å². The first-order valence-corrected chi connectivity index (χ1v) is 7.84. The van der Waals surface area contributed by atoms with E-state index in [1.807, 2.05) is 0 Å². The van der Waals surface area contributed by atoms with E-state index in [-0.39, 0.29) is 5.54 Å². The van der Waals surface area contributed by atoms with Gasteiger partial charge in [0.05, 0.1) is 0 Å². The maximum atomic E-state index is 6.24. The van der Waals surface area contributed by atoms with Crippen molar-refractivity contribution in [1.29, 1.82) is 0 Å². The van der Waals surface area contributed by atoms with Gasteiger partial charge in [0.25, 0.3) is 0 Å². The Morgan fingerprint density at radius 3 is 2.28 bits per heavy atom. The zero-order valence-corrected chi connectivity index (χ0v) is 12.8. The van der Waals surface area contributed by atoms with E-state index in [1.165, 1.54) is 44.9 Å². The van der Waals surface area contributed by atoms with Crippen LogP contribution in [0.15, 0.2) is 0 Å². The van der Waals surface area contributed by atoms with Gasteiger partial charge in [-0.1, -0.05) is 33.6 Å². The van der Waals surface area contributed by atoms with Crippen molar-refractivity contribution in [3.8, 4) is 0 Å². The van der Waals surface area contributed by atoms with Gasteiger partial charge in [-0.2, -0.15) is 0 Å². The summed E-state index contributed by atoms with van der Waals surface area (Å²) in [5, 5.41) is 0. The van der Waals surface area contributed by atoms with Crippen molar-refractivity contribution in [3.63, 3.8) is 0 Å². The molecule has 2 aliphatic rings. The summed E-state index contributed by atoms with van der Waals surface area (Å²) in [4.78, 5) is 2.68. The Balaban J connectivity index is 2.14. The van der Waals surface area contributed by atoms with Crippen molar-refractivity contribution < 1.29 is 0 Å². The molecule has 0 saturated heterocycles. The summed E-state index contributed by atoms with van der Waals surface area (Å²) in [7, 11) is 2.34. The molecule has 2 rings (SSSR count). The third-order valence-electron chi connectivity index (χ3n) is 5.94. The molecular formula is C16H32N2. The second kappa shape index (κ2) is 5.13. The molecule has 2 nitrogen and oxygen atoms in total. The van der Waals surface area contributed by atoms with Crippen LogP contribution in [-0.4, -0.2) is 30.1 Å². The molecule has 0 aliphatic heterocycles. The molecule has 2 atom stereocenters. The van der Waals surface area contributed by atoms with Crippen molar-refractivity contribution in [1.82, 2.24) is 4.90 Å². The molecule has 0 bridgehead atoms. The summed E-state index contributed by atoms with van der Waals surface area (Å²) in [6, 6.07) is 0.789. The second-order valence-corrected chi connectivity index (χ2v) is 7.63.